The van der Waals surface area contributed by atoms with Gasteiger partial charge in [-0.3, -0.25) is 4.79 Å². The monoisotopic (exact) mass is 475 g/mol. The number of nitrogens with zero attached hydrogens (tertiary/aromatic N) is 3. The van der Waals surface area contributed by atoms with Gasteiger partial charge in [0.05, 0.1) is 0 Å². The highest BCUT2D eigenvalue weighted by molar-refractivity contribution is 6.31. The summed E-state index contributed by atoms with van der Waals surface area (Å²) in [6, 6.07) is 22.8. The molecule has 4 aromatic rings. The molecule has 1 amide bonds. The van der Waals surface area contributed by atoms with Gasteiger partial charge in [0.1, 0.15) is 5.69 Å². The fraction of sp³-hybridized carbons (Fsp3) is 0.154. The Bertz CT molecular complexity index is 1360. The van der Waals surface area contributed by atoms with E-state index in [0.717, 1.165) is 27.7 Å². The minimum Gasteiger partial charge on any atom is -0.409 e. The number of benzene rings is 3. The Balaban J connectivity index is 1.63. The van der Waals surface area contributed by atoms with Crippen LogP contribution in [0.15, 0.2) is 78.0 Å². The summed E-state index contributed by atoms with van der Waals surface area (Å²) in [6.45, 7) is 0.839. The molecule has 0 aliphatic carbocycles. The van der Waals surface area contributed by atoms with Crippen LogP contribution in [0.3, 0.4) is 0 Å². The summed E-state index contributed by atoms with van der Waals surface area (Å²) in [6.07, 6.45) is 0. The number of nitrogens with one attached hydrogen (secondary N) is 1. The highest BCUT2D eigenvalue weighted by Crippen LogP contribution is 2.25. The summed E-state index contributed by atoms with van der Waals surface area (Å²) in [5.74, 6) is -0.152. The number of hydrogen-bond donors (Lipinski definition) is 3. The Morgan fingerprint density at radius 2 is 1.82 bits per heavy atom. The Morgan fingerprint density at radius 1 is 1.06 bits per heavy atom. The number of anilines is 1. The molecule has 0 unspecified atom stereocenters. The first-order valence-electron chi connectivity index (χ1n) is 10.8. The zero-order chi connectivity index (χ0) is 24.2. The van der Waals surface area contributed by atoms with Gasteiger partial charge in [-0.25, -0.2) is 0 Å². The van der Waals surface area contributed by atoms with Crippen molar-refractivity contribution in [1.29, 1.82) is 0 Å². The van der Waals surface area contributed by atoms with E-state index in [9.17, 15) is 4.79 Å². The summed E-state index contributed by atoms with van der Waals surface area (Å²) in [4.78, 5) is 15.3. The summed E-state index contributed by atoms with van der Waals surface area (Å²) < 4.78 is 1.95. The molecule has 0 saturated heterocycles. The number of nitrogens with two attached hydrogens (primary N) is 1. The lowest BCUT2D eigenvalue weighted by Crippen LogP contribution is -2.25. The summed E-state index contributed by atoms with van der Waals surface area (Å²) >= 11 is 6.20. The second kappa shape index (κ2) is 9.89. The highest BCUT2D eigenvalue weighted by atomic mass is 35.5. The average molecular weight is 476 g/mol. The number of carbonyl (C=O) groups excluding carboxylic acids is 1. The van der Waals surface area contributed by atoms with Crippen molar-refractivity contribution < 1.29 is 10.0 Å². The van der Waals surface area contributed by atoms with Gasteiger partial charge in [-0.05, 0) is 53.6 Å². The molecule has 1 aromatic heterocycles. The first kappa shape index (κ1) is 23.2. The fourth-order valence-electron chi connectivity index (χ4n) is 3.85. The van der Waals surface area contributed by atoms with Crippen molar-refractivity contribution in [2.24, 2.45) is 10.9 Å². The quantitative estimate of drug-likeness (QED) is 0.159. The smallest absolute Gasteiger partial charge is 0.268 e. The number of fused-ring (bicyclic) bond motifs is 1. The van der Waals surface area contributed by atoms with Crippen LogP contribution in [-0.4, -0.2) is 35.6 Å². The molecule has 0 aliphatic rings. The van der Waals surface area contributed by atoms with E-state index in [4.69, 9.17) is 22.5 Å². The number of amides is 1. The lowest BCUT2D eigenvalue weighted by Gasteiger charge is -2.14. The molecule has 0 atom stereocenters. The predicted molar refractivity (Wildman–Crippen MR) is 137 cm³/mol. The van der Waals surface area contributed by atoms with Crippen LogP contribution >= 0.6 is 11.6 Å². The van der Waals surface area contributed by atoms with Gasteiger partial charge in [0, 0.05) is 54.4 Å². The van der Waals surface area contributed by atoms with Crippen LogP contribution < -0.4 is 16.0 Å². The molecule has 3 aromatic carbocycles. The van der Waals surface area contributed by atoms with Gasteiger partial charge >= 0.3 is 0 Å². The molecule has 0 spiro atoms. The van der Waals surface area contributed by atoms with Gasteiger partial charge < -0.3 is 25.7 Å². The lowest BCUT2D eigenvalue weighted by molar-refractivity contribution is 0.0942. The van der Waals surface area contributed by atoms with Gasteiger partial charge in [-0.2, -0.15) is 0 Å². The van der Waals surface area contributed by atoms with E-state index in [0.29, 0.717) is 29.4 Å². The van der Waals surface area contributed by atoms with E-state index < -0.39 is 0 Å². The molecule has 1 heterocycles. The lowest BCUT2D eigenvalue weighted by atomic mass is 10.1. The molecule has 4 N–H and O–H groups in total. The SMILES string of the molecule is CN(C)c1ccc(CNC(=O)c2cc3cc(Cl)ccc3n2Cc2cccc(C(N)=NO)c2)cc1. The Kier molecular flexibility index (Phi) is 6.75. The maximum Gasteiger partial charge on any atom is 0.268 e. The first-order valence-corrected chi connectivity index (χ1v) is 11.1. The molecule has 0 bridgehead atoms. The normalized spacial score (nSPS) is 11.6. The molecule has 0 aliphatic heterocycles. The van der Waals surface area contributed by atoms with Crippen LogP contribution in [0.25, 0.3) is 10.9 Å². The van der Waals surface area contributed by atoms with Crippen molar-refractivity contribution in [3.05, 3.63) is 100 Å². The van der Waals surface area contributed by atoms with Crippen molar-refractivity contribution in [3.8, 4) is 0 Å². The number of oxime groups is 1. The maximum atomic E-state index is 13.2. The predicted octanol–water partition coefficient (Wildman–Crippen LogP) is 4.43. The Hall–Kier alpha value is -3.97. The highest BCUT2D eigenvalue weighted by Gasteiger charge is 2.17. The molecule has 8 heteroatoms. The van der Waals surface area contributed by atoms with E-state index in [-0.39, 0.29) is 11.7 Å². The van der Waals surface area contributed by atoms with Crippen LogP contribution in [0.5, 0.6) is 0 Å². The van der Waals surface area contributed by atoms with Crippen LogP contribution in [0.4, 0.5) is 5.69 Å². The molecule has 34 heavy (non-hydrogen) atoms. The van der Waals surface area contributed by atoms with Crippen molar-refractivity contribution in [1.82, 2.24) is 9.88 Å². The molecule has 0 fully saturated rings. The third-order valence-corrected chi connectivity index (χ3v) is 5.91. The molecule has 0 saturated carbocycles. The standard InChI is InChI=1S/C26H26ClN5O2/c1-31(2)22-9-6-17(7-10-22)15-29-26(33)24-14-20-13-21(27)8-11-23(20)32(24)16-18-4-3-5-19(12-18)25(28)30-34/h3-14,34H,15-16H2,1-2H3,(H2,28,30)(H,29,33). The molecule has 174 valence electrons. The second-order valence-corrected chi connectivity index (χ2v) is 8.68. The summed E-state index contributed by atoms with van der Waals surface area (Å²) in [7, 11) is 3.98. The van der Waals surface area contributed by atoms with E-state index in [1.807, 2.05) is 84.2 Å². The molecule has 7 nitrogen and oxygen atoms in total. The zero-order valence-electron chi connectivity index (χ0n) is 19.0. The number of hydrogen-bond acceptors (Lipinski definition) is 4. The van der Waals surface area contributed by atoms with Crippen molar-refractivity contribution in [2.45, 2.75) is 13.1 Å². The number of carbonyl (C=O) groups is 1. The van der Waals surface area contributed by atoms with Crippen molar-refractivity contribution >= 4 is 39.9 Å². The third-order valence-electron chi connectivity index (χ3n) is 5.67. The first-order chi connectivity index (χ1) is 16.4. The minimum absolute atomic E-state index is 0.0317. The number of amidine groups is 1. The number of aromatic nitrogens is 1. The Labute approximate surface area is 203 Å². The largest absolute Gasteiger partial charge is 0.409 e. The molecular formula is C26H26ClN5O2. The maximum absolute atomic E-state index is 13.2. The van der Waals surface area contributed by atoms with Gasteiger partial charge in [0.25, 0.3) is 5.91 Å². The van der Waals surface area contributed by atoms with Gasteiger partial charge in [0.2, 0.25) is 0 Å². The summed E-state index contributed by atoms with van der Waals surface area (Å²) in [5.41, 5.74) is 10.8. The zero-order valence-corrected chi connectivity index (χ0v) is 19.8. The van der Waals surface area contributed by atoms with Crippen LogP contribution in [0, 0.1) is 0 Å². The van der Waals surface area contributed by atoms with Gasteiger partial charge in [-0.15, -0.1) is 0 Å². The van der Waals surface area contributed by atoms with E-state index in [1.54, 1.807) is 12.1 Å². The van der Waals surface area contributed by atoms with Crippen LogP contribution in [-0.2, 0) is 13.1 Å². The second-order valence-electron chi connectivity index (χ2n) is 8.25. The Morgan fingerprint density at radius 3 is 2.53 bits per heavy atom. The summed E-state index contributed by atoms with van der Waals surface area (Å²) in [5, 5.41) is 16.6. The van der Waals surface area contributed by atoms with Crippen LogP contribution in [0.2, 0.25) is 5.02 Å². The van der Waals surface area contributed by atoms with E-state index in [1.165, 1.54) is 0 Å². The topological polar surface area (TPSA) is 95.9 Å². The molecule has 4 rings (SSSR count). The minimum atomic E-state index is -0.184. The van der Waals surface area contributed by atoms with Crippen LogP contribution in [0.1, 0.15) is 27.2 Å². The van der Waals surface area contributed by atoms with Gasteiger partial charge in [-0.1, -0.05) is 47.1 Å². The van der Waals surface area contributed by atoms with E-state index in [2.05, 4.69) is 10.5 Å². The number of halogens is 1. The van der Waals surface area contributed by atoms with E-state index >= 15 is 0 Å². The fourth-order valence-corrected chi connectivity index (χ4v) is 4.03. The van der Waals surface area contributed by atoms with Crippen molar-refractivity contribution in [2.75, 3.05) is 19.0 Å². The molecular weight excluding hydrogens is 450 g/mol. The van der Waals surface area contributed by atoms with Crippen molar-refractivity contribution in [3.63, 3.8) is 0 Å². The third kappa shape index (κ3) is 5.00. The molecule has 0 radical (unpaired) electrons. The average Bonchev–Trinajstić information content (AvgIpc) is 3.19. The van der Waals surface area contributed by atoms with Gasteiger partial charge in [0.15, 0.2) is 5.84 Å². The number of rotatable bonds is 7.